The van der Waals surface area contributed by atoms with Gasteiger partial charge in [-0.25, -0.2) is 4.98 Å². The number of benzene rings is 2. The second kappa shape index (κ2) is 7.55. The van der Waals surface area contributed by atoms with E-state index in [0.717, 1.165) is 20.8 Å². The molecular weight excluding hydrogens is 364 g/mol. The highest BCUT2D eigenvalue weighted by molar-refractivity contribution is 7.18. The largest absolute Gasteiger partial charge is 0.484 e. The van der Waals surface area contributed by atoms with Crippen molar-refractivity contribution in [2.24, 2.45) is 0 Å². The van der Waals surface area contributed by atoms with Crippen molar-refractivity contribution in [3.05, 3.63) is 59.9 Å². The van der Waals surface area contributed by atoms with Crippen LogP contribution in [0, 0.1) is 0 Å². The lowest BCUT2D eigenvalue weighted by molar-refractivity contribution is -0.132. The Hall–Kier alpha value is -3.26. The van der Waals surface area contributed by atoms with Gasteiger partial charge in [0.05, 0.1) is 16.8 Å². The average Bonchev–Trinajstić information content (AvgIpc) is 3.35. The summed E-state index contributed by atoms with van der Waals surface area (Å²) in [5.74, 6) is 0.920. The maximum atomic E-state index is 12.3. The number of para-hydroxylation sites is 1. The van der Waals surface area contributed by atoms with Crippen LogP contribution >= 0.6 is 11.3 Å². The van der Waals surface area contributed by atoms with Crippen LogP contribution in [0.5, 0.6) is 5.75 Å². The van der Waals surface area contributed by atoms with E-state index in [-0.39, 0.29) is 12.5 Å². The molecule has 136 valence electrons. The maximum Gasteiger partial charge on any atom is 0.260 e. The third kappa shape index (κ3) is 3.95. The molecule has 0 spiro atoms. The Bertz CT molecular complexity index is 1010. The van der Waals surface area contributed by atoms with Gasteiger partial charge in [-0.3, -0.25) is 4.79 Å². The van der Waals surface area contributed by atoms with E-state index in [1.165, 1.54) is 6.39 Å². The molecular formula is C19H16N4O3S. The second-order valence-corrected chi connectivity index (χ2v) is 7.00. The molecule has 0 aliphatic heterocycles. The van der Waals surface area contributed by atoms with Gasteiger partial charge in [0.2, 0.25) is 12.3 Å². The van der Waals surface area contributed by atoms with E-state index in [1.807, 2.05) is 24.3 Å². The van der Waals surface area contributed by atoms with Crippen molar-refractivity contribution in [1.82, 2.24) is 20.1 Å². The van der Waals surface area contributed by atoms with Crippen LogP contribution in [0.15, 0.2) is 59.3 Å². The highest BCUT2D eigenvalue weighted by atomic mass is 32.1. The van der Waals surface area contributed by atoms with Gasteiger partial charge in [-0.05, 0) is 36.4 Å². The highest BCUT2D eigenvalue weighted by Gasteiger charge is 2.13. The SMILES string of the molecule is CN(Cc1nc2ccccc2s1)C(=O)COc1ccc(-c2nnco2)cc1. The van der Waals surface area contributed by atoms with E-state index < -0.39 is 0 Å². The van der Waals surface area contributed by atoms with E-state index in [4.69, 9.17) is 9.15 Å². The van der Waals surface area contributed by atoms with Crippen LogP contribution in [0.1, 0.15) is 5.01 Å². The number of ether oxygens (including phenoxy) is 1. The van der Waals surface area contributed by atoms with Crippen LogP contribution in [0.2, 0.25) is 0 Å². The molecule has 8 heteroatoms. The standard InChI is InChI=1S/C19H16N4O3S/c1-23(10-17-21-15-4-2-3-5-16(15)27-17)18(24)11-25-14-8-6-13(7-9-14)19-22-20-12-26-19/h2-9,12H,10-11H2,1H3. The van der Waals surface area contributed by atoms with E-state index in [0.29, 0.717) is 18.2 Å². The molecule has 0 radical (unpaired) electrons. The molecule has 0 fully saturated rings. The summed E-state index contributed by atoms with van der Waals surface area (Å²) in [7, 11) is 1.75. The number of carbonyl (C=O) groups is 1. The molecule has 27 heavy (non-hydrogen) atoms. The van der Waals surface area contributed by atoms with Crippen LogP contribution in [0.3, 0.4) is 0 Å². The monoisotopic (exact) mass is 380 g/mol. The smallest absolute Gasteiger partial charge is 0.260 e. The second-order valence-electron chi connectivity index (χ2n) is 5.88. The van der Waals surface area contributed by atoms with Crippen LogP contribution in [0.25, 0.3) is 21.7 Å². The van der Waals surface area contributed by atoms with Crippen molar-refractivity contribution in [2.45, 2.75) is 6.54 Å². The van der Waals surface area contributed by atoms with E-state index >= 15 is 0 Å². The Morgan fingerprint density at radius 3 is 2.74 bits per heavy atom. The summed E-state index contributed by atoms with van der Waals surface area (Å²) in [6.07, 6.45) is 1.28. The summed E-state index contributed by atoms with van der Waals surface area (Å²) in [6, 6.07) is 15.1. The summed E-state index contributed by atoms with van der Waals surface area (Å²) in [5.41, 5.74) is 1.75. The van der Waals surface area contributed by atoms with Gasteiger partial charge in [0, 0.05) is 12.6 Å². The Morgan fingerprint density at radius 2 is 2.00 bits per heavy atom. The maximum absolute atomic E-state index is 12.3. The number of aromatic nitrogens is 3. The Labute approximate surface area is 159 Å². The van der Waals surface area contributed by atoms with Gasteiger partial charge in [-0.15, -0.1) is 21.5 Å². The lowest BCUT2D eigenvalue weighted by atomic mass is 10.2. The molecule has 4 rings (SSSR count). The summed E-state index contributed by atoms with van der Waals surface area (Å²) in [6.45, 7) is 0.416. The van der Waals surface area contributed by atoms with Crippen LogP contribution in [0.4, 0.5) is 0 Å². The number of rotatable bonds is 6. The first kappa shape index (κ1) is 17.2. The Kier molecular flexibility index (Phi) is 4.80. The first-order chi connectivity index (χ1) is 13.2. The van der Waals surface area contributed by atoms with E-state index in [9.17, 15) is 4.79 Å². The van der Waals surface area contributed by atoms with Crippen molar-refractivity contribution < 1.29 is 13.9 Å². The minimum atomic E-state index is -0.116. The summed E-state index contributed by atoms with van der Waals surface area (Å²) < 4.78 is 11.8. The predicted molar refractivity (Wildman–Crippen MR) is 101 cm³/mol. The highest BCUT2D eigenvalue weighted by Crippen LogP contribution is 2.23. The van der Waals surface area contributed by atoms with Crippen molar-refractivity contribution in [3.63, 3.8) is 0 Å². The number of hydrogen-bond donors (Lipinski definition) is 0. The number of carbonyl (C=O) groups excluding carboxylic acids is 1. The fraction of sp³-hybridized carbons (Fsp3) is 0.158. The zero-order valence-corrected chi connectivity index (χ0v) is 15.3. The zero-order valence-electron chi connectivity index (χ0n) is 14.5. The van der Waals surface area contributed by atoms with Crippen LogP contribution in [-0.4, -0.2) is 39.6 Å². The number of thiazole rings is 1. The van der Waals surface area contributed by atoms with Crippen molar-refractivity contribution in [1.29, 1.82) is 0 Å². The van der Waals surface area contributed by atoms with Gasteiger partial charge in [0.25, 0.3) is 5.91 Å². The van der Waals surface area contributed by atoms with Gasteiger partial charge in [0.1, 0.15) is 10.8 Å². The van der Waals surface area contributed by atoms with Gasteiger partial charge in [0.15, 0.2) is 6.61 Å². The molecule has 2 aromatic heterocycles. The molecule has 4 aromatic rings. The number of nitrogens with zero attached hydrogens (tertiary/aromatic N) is 4. The van der Waals surface area contributed by atoms with Crippen LogP contribution in [-0.2, 0) is 11.3 Å². The summed E-state index contributed by atoms with van der Waals surface area (Å²) in [4.78, 5) is 18.5. The number of fused-ring (bicyclic) bond motifs is 1. The van der Waals surface area contributed by atoms with Crippen molar-refractivity contribution in [2.75, 3.05) is 13.7 Å². The third-order valence-corrected chi connectivity index (χ3v) is 4.98. The number of hydrogen-bond acceptors (Lipinski definition) is 7. The molecule has 0 aliphatic rings. The molecule has 2 heterocycles. The third-order valence-electron chi connectivity index (χ3n) is 3.96. The van der Waals surface area contributed by atoms with Gasteiger partial charge < -0.3 is 14.1 Å². The lowest BCUT2D eigenvalue weighted by Crippen LogP contribution is -2.30. The predicted octanol–water partition coefficient (Wildman–Crippen LogP) is 3.38. The molecule has 2 aromatic carbocycles. The van der Waals surface area contributed by atoms with E-state index in [1.54, 1.807) is 47.5 Å². The van der Waals surface area contributed by atoms with Gasteiger partial charge >= 0.3 is 0 Å². The van der Waals surface area contributed by atoms with Crippen molar-refractivity contribution >= 4 is 27.5 Å². The molecule has 0 N–H and O–H groups in total. The fourth-order valence-corrected chi connectivity index (χ4v) is 3.55. The van der Waals surface area contributed by atoms with Gasteiger partial charge in [-0.2, -0.15) is 0 Å². The van der Waals surface area contributed by atoms with Crippen molar-refractivity contribution in [3.8, 4) is 17.2 Å². The fourth-order valence-electron chi connectivity index (χ4n) is 2.53. The molecule has 1 amide bonds. The summed E-state index contributed by atoms with van der Waals surface area (Å²) in [5, 5.41) is 8.39. The zero-order chi connectivity index (χ0) is 18.6. The molecule has 0 bridgehead atoms. The quantitative estimate of drug-likeness (QED) is 0.510. The number of likely N-dealkylation sites (N-methyl/N-ethyl adjacent to an activating group) is 1. The average molecular weight is 380 g/mol. The molecule has 0 saturated carbocycles. The Morgan fingerprint density at radius 1 is 1.19 bits per heavy atom. The molecule has 0 atom stereocenters. The Balaban J connectivity index is 1.33. The normalized spacial score (nSPS) is 10.9. The summed E-state index contributed by atoms with van der Waals surface area (Å²) >= 11 is 1.59. The molecule has 7 nitrogen and oxygen atoms in total. The topological polar surface area (TPSA) is 81.4 Å². The minimum Gasteiger partial charge on any atom is -0.484 e. The first-order valence-electron chi connectivity index (χ1n) is 8.27. The molecule has 0 saturated heterocycles. The van der Waals surface area contributed by atoms with Gasteiger partial charge in [-0.1, -0.05) is 12.1 Å². The molecule has 0 aliphatic carbocycles. The van der Waals surface area contributed by atoms with E-state index in [2.05, 4.69) is 15.2 Å². The van der Waals surface area contributed by atoms with Crippen LogP contribution < -0.4 is 4.74 Å². The first-order valence-corrected chi connectivity index (χ1v) is 9.08. The number of amides is 1. The molecule has 0 unspecified atom stereocenters. The lowest BCUT2D eigenvalue weighted by Gasteiger charge is -2.16. The minimum absolute atomic E-state index is 0.0404.